The number of ether oxygens (including phenoxy) is 4. The van der Waals surface area contributed by atoms with E-state index >= 15 is 0 Å². The van der Waals surface area contributed by atoms with Gasteiger partial charge in [0, 0.05) is 6.92 Å². The number of amides is 2. The van der Waals surface area contributed by atoms with Gasteiger partial charge in [0.15, 0.2) is 31.0 Å². The molecule has 10 nitrogen and oxygen atoms in total. The summed E-state index contributed by atoms with van der Waals surface area (Å²) in [5, 5.41) is 1.09. The largest absolute Gasteiger partial charge is 0.493 e. The number of esters is 1. The number of carbonyl (C=O) groups is 3. The fourth-order valence-corrected chi connectivity index (χ4v) is 3.30. The first kappa shape index (κ1) is 22.9. The maximum absolute atomic E-state index is 12.8. The standard InChI is InChI=1S/C22H24N2O8/c1-14(25)24-21(15-8-6-5-7-9-15)23(19(26)12-32-24)13-31-22(27)16-10-17(28-2)20(30-4)18(11-16)29-3/h5-11,21H,12-13H2,1-4H3. The molecular formula is C22H24N2O8. The van der Waals surface area contributed by atoms with Crippen molar-refractivity contribution in [2.45, 2.75) is 13.1 Å². The van der Waals surface area contributed by atoms with Gasteiger partial charge in [-0.2, -0.15) is 5.06 Å². The minimum Gasteiger partial charge on any atom is -0.493 e. The van der Waals surface area contributed by atoms with Crippen LogP contribution >= 0.6 is 0 Å². The molecule has 0 radical (unpaired) electrons. The Kier molecular flexibility index (Phi) is 7.16. The van der Waals surface area contributed by atoms with Gasteiger partial charge in [-0.15, -0.1) is 0 Å². The van der Waals surface area contributed by atoms with E-state index in [1.165, 1.54) is 45.3 Å². The molecule has 170 valence electrons. The van der Waals surface area contributed by atoms with Crippen molar-refractivity contribution in [3.63, 3.8) is 0 Å². The Bertz CT molecular complexity index is 970. The van der Waals surface area contributed by atoms with Crippen LogP contribution in [0.4, 0.5) is 0 Å². The Morgan fingerprint density at radius 2 is 1.66 bits per heavy atom. The highest BCUT2D eigenvalue weighted by Gasteiger charge is 2.38. The monoisotopic (exact) mass is 444 g/mol. The van der Waals surface area contributed by atoms with Crippen molar-refractivity contribution in [1.82, 2.24) is 9.96 Å². The highest BCUT2D eigenvalue weighted by molar-refractivity contribution is 5.91. The minimum atomic E-state index is -0.886. The lowest BCUT2D eigenvalue weighted by molar-refractivity contribution is -0.248. The van der Waals surface area contributed by atoms with E-state index < -0.39 is 30.7 Å². The second-order valence-electron chi connectivity index (χ2n) is 6.74. The molecule has 1 saturated heterocycles. The first-order valence-corrected chi connectivity index (χ1v) is 9.65. The molecule has 0 aromatic heterocycles. The smallest absolute Gasteiger partial charge is 0.340 e. The average Bonchev–Trinajstić information content (AvgIpc) is 2.82. The van der Waals surface area contributed by atoms with Crippen molar-refractivity contribution in [3.05, 3.63) is 53.6 Å². The zero-order valence-corrected chi connectivity index (χ0v) is 18.2. The molecule has 1 heterocycles. The molecule has 1 aliphatic heterocycles. The molecule has 2 aromatic rings. The zero-order chi connectivity index (χ0) is 23.3. The van der Waals surface area contributed by atoms with Crippen molar-refractivity contribution in [1.29, 1.82) is 0 Å². The summed E-state index contributed by atoms with van der Waals surface area (Å²) in [7, 11) is 4.31. The molecule has 10 heteroatoms. The number of hydroxylamine groups is 2. The van der Waals surface area contributed by atoms with Gasteiger partial charge in [0.1, 0.15) is 0 Å². The van der Waals surface area contributed by atoms with Gasteiger partial charge in [0.2, 0.25) is 11.7 Å². The Hall–Kier alpha value is -3.79. The Morgan fingerprint density at radius 1 is 1.03 bits per heavy atom. The van der Waals surface area contributed by atoms with E-state index in [1.54, 1.807) is 24.3 Å². The Morgan fingerprint density at radius 3 is 2.19 bits per heavy atom. The summed E-state index contributed by atoms with van der Waals surface area (Å²) in [4.78, 5) is 44.1. The lowest BCUT2D eigenvalue weighted by Gasteiger charge is -2.41. The van der Waals surface area contributed by atoms with Crippen LogP contribution in [0.5, 0.6) is 17.2 Å². The Labute approximate surface area is 185 Å². The molecular weight excluding hydrogens is 420 g/mol. The fraction of sp³-hybridized carbons (Fsp3) is 0.318. The molecule has 2 aromatic carbocycles. The SMILES string of the molecule is COc1cc(C(=O)OCN2C(=O)CON(C(C)=O)C2c2ccccc2)cc(OC)c1OC. The van der Waals surface area contributed by atoms with Gasteiger partial charge in [-0.3, -0.25) is 19.3 Å². The summed E-state index contributed by atoms with van der Waals surface area (Å²) in [6.07, 6.45) is -0.886. The van der Waals surface area contributed by atoms with Crippen LogP contribution in [0.1, 0.15) is 29.0 Å². The highest BCUT2D eigenvalue weighted by Crippen LogP contribution is 2.38. The fourth-order valence-electron chi connectivity index (χ4n) is 3.30. The molecule has 1 unspecified atom stereocenters. The van der Waals surface area contributed by atoms with Gasteiger partial charge in [0.05, 0.1) is 26.9 Å². The molecule has 1 aliphatic rings. The first-order chi connectivity index (χ1) is 15.4. The minimum absolute atomic E-state index is 0.139. The molecule has 1 fully saturated rings. The molecule has 2 amide bonds. The van der Waals surface area contributed by atoms with E-state index in [9.17, 15) is 14.4 Å². The number of nitrogens with zero attached hydrogens (tertiary/aromatic N) is 2. The normalized spacial score (nSPS) is 15.9. The van der Waals surface area contributed by atoms with Crippen LogP contribution in [0, 0.1) is 0 Å². The van der Waals surface area contributed by atoms with Gasteiger partial charge in [0.25, 0.3) is 5.91 Å². The van der Waals surface area contributed by atoms with Crippen LogP contribution < -0.4 is 14.2 Å². The lowest BCUT2D eigenvalue weighted by atomic mass is 10.1. The summed E-state index contributed by atoms with van der Waals surface area (Å²) >= 11 is 0. The summed E-state index contributed by atoms with van der Waals surface area (Å²) in [5.74, 6) is -0.653. The predicted octanol–water partition coefficient (Wildman–Crippen LogP) is 2.15. The third-order valence-electron chi connectivity index (χ3n) is 4.81. The summed E-state index contributed by atoms with van der Waals surface area (Å²) in [5.41, 5.74) is 0.763. The first-order valence-electron chi connectivity index (χ1n) is 9.65. The molecule has 1 atom stereocenters. The number of benzene rings is 2. The van der Waals surface area contributed by atoms with E-state index in [2.05, 4.69) is 0 Å². The van der Waals surface area contributed by atoms with Gasteiger partial charge in [-0.1, -0.05) is 30.3 Å². The molecule has 32 heavy (non-hydrogen) atoms. The molecule has 0 aliphatic carbocycles. The van der Waals surface area contributed by atoms with Crippen LogP contribution in [0.15, 0.2) is 42.5 Å². The van der Waals surface area contributed by atoms with Crippen LogP contribution in [-0.2, 0) is 19.2 Å². The second-order valence-corrected chi connectivity index (χ2v) is 6.74. The van der Waals surface area contributed by atoms with E-state index in [1.807, 2.05) is 6.07 Å². The molecule has 0 spiro atoms. The van der Waals surface area contributed by atoms with Crippen molar-refractivity contribution >= 4 is 17.8 Å². The number of methoxy groups -OCH3 is 3. The van der Waals surface area contributed by atoms with Gasteiger partial charge in [-0.25, -0.2) is 4.79 Å². The average molecular weight is 444 g/mol. The van der Waals surface area contributed by atoms with Gasteiger partial charge >= 0.3 is 5.97 Å². The van der Waals surface area contributed by atoms with Crippen LogP contribution in [0.2, 0.25) is 0 Å². The number of carbonyl (C=O) groups excluding carboxylic acids is 3. The highest BCUT2D eigenvalue weighted by atomic mass is 16.7. The number of hydrogen-bond donors (Lipinski definition) is 0. The molecule has 0 N–H and O–H groups in total. The Balaban J connectivity index is 1.86. The van der Waals surface area contributed by atoms with Crippen molar-refractivity contribution < 1.29 is 38.2 Å². The van der Waals surface area contributed by atoms with Crippen LogP contribution in [0.3, 0.4) is 0 Å². The molecule has 0 saturated carbocycles. The summed E-state index contributed by atoms with van der Waals surface area (Å²) in [6, 6.07) is 11.7. The lowest BCUT2D eigenvalue weighted by Crippen LogP contribution is -2.54. The van der Waals surface area contributed by atoms with Gasteiger partial charge in [-0.05, 0) is 17.7 Å². The predicted molar refractivity (Wildman–Crippen MR) is 111 cm³/mol. The maximum Gasteiger partial charge on any atom is 0.340 e. The third kappa shape index (κ3) is 4.59. The van der Waals surface area contributed by atoms with E-state index in [4.69, 9.17) is 23.8 Å². The van der Waals surface area contributed by atoms with Gasteiger partial charge < -0.3 is 18.9 Å². The molecule has 0 bridgehead atoms. The second kappa shape index (κ2) is 10.0. The maximum atomic E-state index is 12.8. The number of rotatable bonds is 7. The number of hydrogen-bond acceptors (Lipinski definition) is 8. The van der Waals surface area contributed by atoms with Crippen LogP contribution in [-0.4, -0.2) is 62.4 Å². The molecule has 3 rings (SSSR count). The van der Waals surface area contributed by atoms with Crippen molar-refractivity contribution in [3.8, 4) is 17.2 Å². The topological polar surface area (TPSA) is 104 Å². The third-order valence-corrected chi connectivity index (χ3v) is 4.81. The summed E-state index contributed by atoms with van der Waals surface area (Å²) < 4.78 is 21.2. The van der Waals surface area contributed by atoms with Crippen LogP contribution in [0.25, 0.3) is 0 Å². The van der Waals surface area contributed by atoms with E-state index in [0.717, 1.165) is 5.06 Å². The van der Waals surface area contributed by atoms with Crippen molar-refractivity contribution in [2.24, 2.45) is 0 Å². The summed E-state index contributed by atoms with van der Waals surface area (Å²) in [6.45, 7) is 0.567. The van der Waals surface area contributed by atoms with E-state index in [0.29, 0.717) is 11.3 Å². The van der Waals surface area contributed by atoms with E-state index in [-0.39, 0.29) is 23.7 Å². The quantitative estimate of drug-likeness (QED) is 0.599. The van der Waals surface area contributed by atoms with Crippen molar-refractivity contribution in [2.75, 3.05) is 34.7 Å². The zero-order valence-electron chi connectivity index (χ0n) is 18.2.